The number of alkyl carbamates (subject to hydrolysis) is 2. The number of carbonyl (C=O) groups excluding carboxylic acids is 5. The van der Waals surface area contributed by atoms with E-state index < -0.39 is 41.1 Å². The van der Waals surface area contributed by atoms with Crippen LogP contribution in [0.25, 0.3) is 0 Å². The number of amides is 2. The number of esters is 3. The molecule has 0 radical (unpaired) electrons. The highest BCUT2D eigenvalue weighted by Crippen LogP contribution is 2.76. The van der Waals surface area contributed by atoms with Gasteiger partial charge in [-0.05, 0) is 136 Å². The molecule has 2 amide bonds. The lowest BCUT2D eigenvalue weighted by atomic mass is 9.33. The highest BCUT2D eigenvalue weighted by atomic mass is 16.6. The third kappa shape index (κ3) is 8.44. The molecule has 0 aliphatic heterocycles. The molecule has 4 saturated carbocycles. The first-order valence-electron chi connectivity index (χ1n) is 22.3. The van der Waals surface area contributed by atoms with E-state index >= 15 is 0 Å². The molecule has 0 spiro atoms. The van der Waals surface area contributed by atoms with Crippen molar-refractivity contribution in [3.05, 3.63) is 35.5 Å². The second-order valence-corrected chi connectivity index (χ2v) is 20.1. The Balaban J connectivity index is 1.28. The predicted octanol–water partition coefficient (Wildman–Crippen LogP) is 8.54. The summed E-state index contributed by atoms with van der Waals surface area (Å²) in [5.41, 5.74) is 1.000. The van der Waals surface area contributed by atoms with Crippen molar-refractivity contribution in [2.45, 2.75) is 139 Å². The monoisotopic (exact) mass is 823 g/mol. The smallest absolute Gasteiger partial charge is 0.407 e. The van der Waals surface area contributed by atoms with Crippen molar-refractivity contribution >= 4 is 30.1 Å². The van der Waals surface area contributed by atoms with Crippen molar-refractivity contribution in [3.8, 4) is 0 Å². The third-order valence-corrected chi connectivity index (χ3v) is 16.4. The van der Waals surface area contributed by atoms with Gasteiger partial charge in [0.15, 0.2) is 0 Å². The molecule has 0 aromatic heterocycles. The Morgan fingerprint density at radius 1 is 0.763 bits per heavy atom. The van der Waals surface area contributed by atoms with Gasteiger partial charge in [0.1, 0.15) is 32.4 Å². The zero-order valence-electron chi connectivity index (χ0n) is 36.9. The molecule has 2 unspecified atom stereocenters. The molecule has 0 aromatic carbocycles. The minimum absolute atomic E-state index is 0.0105. The first-order chi connectivity index (χ1) is 27.9. The van der Waals surface area contributed by atoms with Gasteiger partial charge < -0.3 is 34.3 Å². The Labute approximate surface area is 351 Å². The summed E-state index contributed by atoms with van der Waals surface area (Å²) in [4.78, 5) is 64.7. The number of carbonyl (C=O) groups is 5. The quantitative estimate of drug-likeness (QED) is 0.111. The SMILES string of the molecule is CCOC(=O)CNC(=O)OC[C@@]1(C)C2CC[C@]3(C)C(CC=C4[C@@H]5CC(C)(C)CC[C@]5(C(=O)OCC5=CC=CCC5)CC[C@]43C)[C@@]2(C)CC[C@@H]1OC(=O)NCC(=O)OCC. The van der Waals surface area contributed by atoms with Crippen LogP contribution in [0.4, 0.5) is 9.59 Å². The zero-order valence-corrected chi connectivity index (χ0v) is 36.9. The fourth-order valence-electron chi connectivity index (χ4n) is 13.0. The normalized spacial score (nSPS) is 36.7. The number of ether oxygens (including phenoxy) is 5. The summed E-state index contributed by atoms with van der Waals surface area (Å²) in [6.07, 6.45) is 17.1. The second kappa shape index (κ2) is 17.3. The first kappa shape index (κ1) is 44.7. The van der Waals surface area contributed by atoms with E-state index in [2.05, 4.69) is 76.5 Å². The van der Waals surface area contributed by atoms with E-state index in [9.17, 15) is 24.0 Å². The summed E-state index contributed by atoms with van der Waals surface area (Å²) in [6.45, 7) is 17.6. The topological polar surface area (TPSA) is 156 Å². The largest absolute Gasteiger partial charge is 0.465 e. The van der Waals surface area contributed by atoms with Crippen molar-refractivity contribution < 1.29 is 47.7 Å². The third-order valence-electron chi connectivity index (χ3n) is 16.4. The molecule has 12 heteroatoms. The van der Waals surface area contributed by atoms with Crippen LogP contribution in [-0.2, 0) is 38.1 Å². The van der Waals surface area contributed by atoms with Crippen LogP contribution in [0.15, 0.2) is 35.5 Å². The van der Waals surface area contributed by atoms with Gasteiger partial charge in [0.25, 0.3) is 0 Å². The lowest BCUT2D eigenvalue weighted by molar-refractivity contribution is -0.216. The first-order valence-corrected chi connectivity index (χ1v) is 22.3. The Hall–Kier alpha value is -3.83. The number of fused-ring (bicyclic) bond motifs is 7. The Morgan fingerprint density at radius 3 is 2.10 bits per heavy atom. The molecule has 0 bridgehead atoms. The standard InChI is InChI=1S/C47H70N2O10/c1-9-55-37(50)27-48-40(53)58-30-44(6)34-18-21-46(8)35(43(34,5)20-19-36(44)59-41(54)49-28-38(51)56-10-2)17-16-32-33-26-42(3,4)22-24-47(33,25-23-45(32,46)7)39(52)57-29-31-14-12-11-13-15-31/h11-12,14,16,33-36H,9-10,13,15,17-30H2,1-8H3,(H,48,53)(H,49,54)/t33-,34?,35?,36-,43-,44-,45+,46+,47-/m0/s1. The molecule has 6 aliphatic carbocycles. The molecule has 328 valence electrons. The van der Waals surface area contributed by atoms with Gasteiger partial charge in [-0.3, -0.25) is 14.4 Å². The van der Waals surface area contributed by atoms with Crippen LogP contribution in [-0.4, -0.2) is 75.7 Å². The minimum Gasteiger partial charge on any atom is -0.465 e. The van der Waals surface area contributed by atoms with Crippen LogP contribution in [0.1, 0.15) is 132 Å². The maximum absolute atomic E-state index is 14.5. The molecule has 0 heterocycles. The molecule has 0 saturated heterocycles. The van der Waals surface area contributed by atoms with Crippen LogP contribution in [0.5, 0.6) is 0 Å². The molecule has 59 heavy (non-hydrogen) atoms. The molecule has 6 rings (SSSR count). The van der Waals surface area contributed by atoms with Crippen LogP contribution in [0.2, 0.25) is 0 Å². The summed E-state index contributed by atoms with van der Waals surface area (Å²) in [6, 6.07) is 0. The minimum atomic E-state index is -0.788. The summed E-state index contributed by atoms with van der Waals surface area (Å²) in [7, 11) is 0. The molecule has 12 nitrogen and oxygen atoms in total. The van der Waals surface area contributed by atoms with E-state index in [1.165, 1.54) is 11.1 Å². The van der Waals surface area contributed by atoms with E-state index in [-0.39, 0.29) is 78.3 Å². The highest BCUT2D eigenvalue weighted by Gasteiger charge is 2.70. The van der Waals surface area contributed by atoms with Gasteiger partial charge in [-0.15, -0.1) is 0 Å². The van der Waals surface area contributed by atoms with E-state index in [0.29, 0.717) is 13.0 Å². The van der Waals surface area contributed by atoms with Crippen LogP contribution in [0.3, 0.4) is 0 Å². The summed E-state index contributed by atoms with van der Waals surface area (Å²) < 4.78 is 28.2. The summed E-state index contributed by atoms with van der Waals surface area (Å²) in [5, 5.41) is 5.05. The number of hydrogen-bond acceptors (Lipinski definition) is 10. The average Bonchev–Trinajstić information content (AvgIpc) is 3.19. The van der Waals surface area contributed by atoms with Crippen molar-refractivity contribution in [1.29, 1.82) is 0 Å². The Morgan fingerprint density at radius 2 is 1.44 bits per heavy atom. The van der Waals surface area contributed by atoms with Gasteiger partial charge in [-0.25, -0.2) is 9.59 Å². The maximum atomic E-state index is 14.5. The number of nitrogens with one attached hydrogen (secondary N) is 2. The van der Waals surface area contributed by atoms with Gasteiger partial charge in [0, 0.05) is 5.41 Å². The van der Waals surface area contributed by atoms with Gasteiger partial charge in [0.2, 0.25) is 0 Å². The van der Waals surface area contributed by atoms with Gasteiger partial charge in [0.05, 0.1) is 18.6 Å². The Bertz CT molecular complexity index is 1740. The molecular weight excluding hydrogens is 753 g/mol. The lowest BCUT2D eigenvalue weighted by Gasteiger charge is -2.71. The van der Waals surface area contributed by atoms with Crippen LogP contribution < -0.4 is 10.6 Å². The van der Waals surface area contributed by atoms with Crippen molar-refractivity contribution in [2.24, 2.45) is 50.2 Å². The Kier molecular flexibility index (Phi) is 13.1. The number of hydrogen-bond donors (Lipinski definition) is 2. The molecule has 6 aliphatic rings. The van der Waals surface area contributed by atoms with Crippen molar-refractivity contribution in [1.82, 2.24) is 10.6 Å². The van der Waals surface area contributed by atoms with E-state index in [1.54, 1.807) is 13.8 Å². The van der Waals surface area contributed by atoms with Gasteiger partial charge in [-0.2, -0.15) is 0 Å². The van der Waals surface area contributed by atoms with Crippen LogP contribution in [0, 0.1) is 50.2 Å². The van der Waals surface area contributed by atoms with E-state index in [4.69, 9.17) is 23.7 Å². The maximum Gasteiger partial charge on any atom is 0.407 e. The zero-order chi connectivity index (χ0) is 42.9. The lowest BCUT2D eigenvalue weighted by Crippen LogP contribution is -2.66. The number of allylic oxidation sites excluding steroid dienone is 5. The van der Waals surface area contributed by atoms with Crippen molar-refractivity contribution in [2.75, 3.05) is 39.5 Å². The number of rotatable bonds is 12. The van der Waals surface area contributed by atoms with Crippen LogP contribution >= 0.6 is 0 Å². The second-order valence-electron chi connectivity index (χ2n) is 20.1. The molecule has 2 N–H and O–H groups in total. The van der Waals surface area contributed by atoms with Gasteiger partial charge >= 0.3 is 30.1 Å². The fourth-order valence-corrected chi connectivity index (χ4v) is 13.0. The summed E-state index contributed by atoms with van der Waals surface area (Å²) in [5.74, 6) is -0.737. The average molecular weight is 823 g/mol. The molecule has 0 aromatic rings. The fraction of sp³-hybridized carbons (Fsp3) is 0.766. The van der Waals surface area contributed by atoms with E-state index in [1.807, 2.05) is 0 Å². The molecule has 9 atom stereocenters. The highest BCUT2D eigenvalue weighted by molar-refractivity contribution is 5.79. The van der Waals surface area contributed by atoms with Gasteiger partial charge in [-0.1, -0.05) is 71.4 Å². The predicted molar refractivity (Wildman–Crippen MR) is 222 cm³/mol. The van der Waals surface area contributed by atoms with E-state index in [0.717, 1.165) is 70.6 Å². The molecule has 4 fully saturated rings. The summed E-state index contributed by atoms with van der Waals surface area (Å²) >= 11 is 0. The van der Waals surface area contributed by atoms with Crippen molar-refractivity contribution in [3.63, 3.8) is 0 Å². The molecular formula is C47H70N2O10.